The van der Waals surface area contributed by atoms with Crippen LogP contribution >= 0.6 is 0 Å². The fraction of sp³-hybridized carbons (Fsp3) is 0.467. The lowest BCUT2D eigenvalue weighted by Gasteiger charge is -2.42. The van der Waals surface area contributed by atoms with Gasteiger partial charge in [-0.25, -0.2) is 4.98 Å². The van der Waals surface area contributed by atoms with Gasteiger partial charge in [-0.1, -0.05) is 6.07 Å². The zero-order valence-corrected chi connectivity index (χ0v) is 12.0. The maximum atomic E-state index is 12.1. The molecule has 0 unspecified atom stereocenters. The average Bonchev–Trinajstić information content (AvgIpc) is 2.41. The summed E-state index contributed by atoms with van der Waals surface area (Å²) in [4.78, 5) is 19.1. The van der Waals surface area contributed by atoms with Crippen LogP contribution in [0.2, 0.25) is 0 Å². The van der Waals surface area contributed by atoms with E-state index >= 15 is 0 Å². The Morgan fingerprint density at radius 2 is 2.25 bits per heavy atom. The fourth-order valence-corrected chi connectivity index (χ4v) is 2.70. The van der Waals surface area contributed by atoms with Crippen LogP contribution in [0.5, 0.6) is 0 Å². The Labute approximate surface area is 118 Å². The highest BCUT2D eigenvalue weighted by molar-refractivity contribution is 5.38. The minimum absolute atomic E-state index is 0.0152. The number of fused-ring (bicyclic) bond motifs is 1. The number of piperazine rings is 1. The molecule has 1 aliphatic rings. The maximum Gasteiger partial charge on any atom is 0.258 e. The summed E-state index contributed by atoms with van der Waals surface area (Å²) in [5.74, 6) is 0. The summed E-state index contributed by atoms with van der Waals surface area (Å²) in [5.41, 5.74) is 1.62. The molecule has 0 bridgehead atoms. The van der Waals surface area contributed by atoms with Gasteiger partial charge in [0.15, 0.2) is 0 Å². The monoisotopic (exact) mass is 272 g/mol. The first-order valence-electron chi connectivity index (χ1n) is 6.99. The number of pyridine rings is 1. The van der Waals surface area contributed by atoms with E-state index < -0.39 is 0 Å². The van der Waals surface area contributed by atoms with Crippen molar-refractivity contribution >= 4 is 5.65 Å². The normalized spacial score (nSPS) is 19.3. The average molecular weight is 272 g/mol. The van der Waals surface area contributed by atoms with Crippen molar-refractivity contribution in [1.82, 2.24) is 19.6 Å². The van der Waals surface area contributed by atoms with Gasteiger partial charge in [-0.05, 0) is 26.0 Å². The Morgan fingerprint density at radius 3 is 3.05 bits per heavy atom. The fourth-order valence-electron chi connectivity index (χ4n) is 2.70. The highest BCUT2D eigenvalue weighted by Crippen LogP contribution is 2.18. The molecule has 106 valence electrons. The standard InChI is InChI=1S/C15H20N4O/c1-15(2)11-16-6-8-18(15)10-12-9-14(20)19-7-4-3-5-13(19)17-12/h3-5,7,9,16H,6,8,10-11H2,1-2H3. The molecule has 5 nitrogen and oxygen atoms in total. The van der Waals surface area contributed by atoms with Crippen molar-refractivity contribution in [3.8, 4) is 0 Å². The predicted molar refractivity (Wildman–Crippen MR) is 78.8 cm³/mol. The van der Waals surface area contributed by atoms with Gasteiger partial charge in [0.2, 0.25) is 0 Å². The molecule has 0 saturated carbocycles. The molecule has 1 fully saturated rings. The smallest absolute Gasteiger partial charge is 0.258 e. The van der Waals surface area contributed by atoms with Crippen molar-refractivity contribution in [3.05, 3.63) is 46.5 Å². The van der Waals surface area contributed by atoms with Crippen molar-refractivity contribution in [2.24, 2.45) is 0 Å². The highest BCUT2D eigenvalue weighted by atomic mass is 16.1. The second-order valence-electron chi connectivity index (χ2n) is 5.93. The summed E-state index contributed by atoms with van der Waals surface area (Å²) in [6.07, 6.45) is 1.75. The number of nitrogens with one attached hydrogen (secondary N) is 1. The van der Waals surface area contributed by atoms with Gasteiger partial charge in [-0.3, -0.25) is 14.1 Å². The summed E-state index contributed by atoms with van der Waals surface area (Å²) in [6, 6.07) is 7.26. The number of nitrogens with zero attached hydrogens (tertiary/aromatic N) is 3. The number of hydrogen-bond acceptors (Lipinski definition) is 4. The van der Waals surface area contributed by atoms with Gasteiger partial charge >= 0.3 is 0 Å². The van der Waals surface area contributed by atoms with Crippen LogP contribution in [0.3, 0.4) is 0 Å². The van der Waals surface area contributed by atoms with Gasteiger partial charge in [0.1, 0.15) is 5.65 Å². The molecule has 20 heavy (non-hydrogen) atoms. The molecule has 2 aromatic rings. The predicted octanol–water partition coefficient (Wildman–Crippen LogP) is 0.878. The first-order chi connectivity index (χ1) is 9.56. The number of aromatic nitrogens is 2. The van der Waals surface area contributed by atoms with Crippen LogP contribution in [0.4, 0.5) is 0 Å². The Balaban J connectivity index is 1.93. The third-order valence-electron chi connectivity index (χ3n) is 3.95. The van der Waals surface area contributed by atoms with Crippen LogP contribution in [0.15, 0.2) is 35.3 Å². The van der Waals surface area contributed by atoms with E-state index in [2.05, 4.69) is 29.0 Å². The largest absolute Gasteiger partial charge is 0.314 e. The summed E-state index contributed by atoms with van der Waals surface area (Å²) in [7, 11) is 0. The lowest BCUT2D eigenvalue weighted by Crippen LogP contribution is -2.57. The molecule has 0 spiro atoms. The molecule has 0 aromatic carbocycles. The third kappa shape index (κ3) is 2.46. The topological polar surface area (TPSA) is 49.6 Å². The minimum atomic E-state index is -0.0152. The van der Waals surface area contributed by atoms with Gasteiger partial charge in [0, 0.05) is 44.0 Å². The molecule has 5 heteroatoms. The summed E-state index contributed by atoms with van der Waals surface area (Å²) >= 11 is 0. The summed E-state index contributed by atoms with van der Waals surface area (Å²) < 4.78 is 1.58. The Morgan fingerprint density at radius 1 is 1.40 bits per heavy atom. The molecule has 3 rings (SSSR count). The van der Waals surface area contributed by atoms with Crippen LogP contribution in [0.25, 0.3) is 5.65 Å². The van der Waals surface area contributed by atoms with Crippen molar-refractivity contribution in [2.45, 2.75) is 25.9 Å². The Hall–Kier alpha value is -1.72. The van der Waals surface area contributed by atoms with E-state index in [1.165, 1.54) is 0 Å². The molecular weight excluding hydrogens is 252 g/mol. The summed E-state index contributed by atoms with van der Waals surface area (Å²) in [6.45, 7) is 8.06. The van der Waals surface area contributed by atoms with Gasteiger partial charge in [0.25, 0.3) is 5.56 Å². The lowest BCUT2D eigenvalue weighted by molar-refractivity contribution is 0.0814. The van der Waals surface area contributed by atoms with Crippen molar-refractivity contribution < 1.29 is 0 Å². The molecule has 0 radical (unpaired) electrons. The van der Waals surface area contributed by atoms with E-state index in [4.69, 9.17) is 0 Å². The van der Waals surface area contributed by atoms with E-state index in [-0.39, 0.29) is 11.1 Å². The van der Waals surface area contributed by atoms with E-state index in [1.54, 1.807) is 16.7 Å². The molecule has 0 aliphatic carbocycles. The van der Waals surface area contributed by atoms with E-state index in [0.29, 0.717) is 5.65 Å². The van der Waals surface area contributed by atoms with Crippen LogP contribution in [-0.4, -0.2) is 39.5 Å². The zero-order chi connectivity index (χ0) is 14.2. The molecule has 3 heterocycles. The third-order valence-corrected chi connectivity index (χ3v) is 3.95. The van der Waals surface area contributed by atoms with Crippen LogP contribution in [-0.2, 0) is 6.54 Å². The zero-order valence-electron chi connectivity index (χ0n) is 12.0. The summed E-state index contributed by atoms with van der Waals surface area (Å²) in [5, 5.41) is 3.40. The van der Waals surface area contributed by atoms with Crippen LogP contribution < -0.4 is 10.9 Å². The van der Waals surface area contributed by atoms with Gasteiger partial charge in [-0.15, -0.1) is 0 Å². The second-order valence-corrected chi connectivity index (χ2v) is 5.93. The van der Waals surface area contributed by atoms with Crippen molar-refractivity contribution in [1.29, 1.82) is 0 Å². The number of rotatable bonds is 2. The maximum absolute atomic E-state index is 12.1. The van der Waals surface area contributed by atoms with Crippen molar-refractivity contribution in [3.63, 3.8) is 0 Å². The molecular formula is C15H20N4O. The first kappa shape index (κ1) is 13.3. The highest BCUT2D eigenvalue weighted by Gasteiger charge is 2.29. The number of hydrogen-bond donors (Lipinski definition) is 1. The molecule has 2 aromatic heterocycles. The van der Waals surface area contributed by atoms with Gasteiger partial charge in [-0.2, -0.15) is 0 Å². The SMILES string of the molecule is CC1(C)CNCCN1Cc1cc(=O)n2ccccc2n1. The molecule has 0 atom stereocenters. The first-order valence-corrected chi connectivity index (χ1v) is 6.99. The molecule has 1 N–H and O–H groups in total. The van der Waals surface area contributed by atoms with Gasteiger partial charge in [0.05, 0.1) is 5.69 Å². The van der Waals surface area contributed by atoms with Crippen molar-refractivity contribution in [2.75, 3.05) is 19.6 Å². The molecule has 1 saturated heterocycles. The Kier molecular flexibility index (Phi) is 3.31. The lowest BCUT2D eigenvalue weighted by atomic mass is 10.00. The van der Waals surface area contributed by atoms with Crippen LogP contribution in [0.1, 0.15) is 19.5 Å². The van der Waals surface area contributed by atoms with Gasteiger partial charge < -0.3 is 5.32 Å². The molecule has 0 amide bonds. The van der Waals surface area contributed by atoms with E-state index in [0.717, 1.165) is 31.9 Å². The molecule has 1 aliphatic heterocycles. The second kappa shape index (κ2) is 5.00. The van der Waals surface area contributed by atoms with Crippen LogP contribution in [0, 0.1) is 0 Å². The van der Waals surface area contributed by atoms with E-state index in [1.807, 2.05) is 18.2 Å². The van der Waals surface area contributed by atoms with E-state index in [9.17, 15) is 4.79 Å². The minimum Gasteiger partial charge on any atom is -0.314 e. The quantitative estimate of drug-likeness (QED) is 0.881. The Bertz CT molecular complexity index is 677.